The van der Waals surface area contributed by atoms with Crippen molar-refractivity contribution < 1.29 is 5.11 Å². The molecule has 0 saturated heterocycles. The SMILES string of the molecule is CC(CO)N(C)C1CCCC1N. The molecule has 12 heavy (non-hydrogen) atoms. The van der Waals surface area contributed by atoms with E-state index in [2.05, 4.69) is 11.9 Å². The van der Waals surface area contributed by atoms with Crippen LogP contribution in [0.2, 0.25) is 0 Å². The summed E-state index contributed by atoms with van der Waals surface area (Å²) >= 11 is 0. The number of nitrogens with two attached hydrogens (primary N) is 1. The van der Waals surface area contributed by atoms with Gasteiger partial charge in [0.2, 0.25) is 0 Å². The van der Waals surface area contributed by atoms with E-state index < -0.39 is 0 Å². The minimum Gasteiger partial charge on any atom is -0.395 e. The predicted molar refractivity (Wildman–Crippen MR) is 49.9 cm³/mol. The summed E-state index contributed by atoms with van der Waals surface area (Å²) in [4.78, 5) is 2.21. The molecule has 72 valence electrons. The van der Waals surface area contributed by atoms with Gasteiger partial charge in [0, 0.05) is 18.1 Å². The van der Waals surface area contributed by atoms with E-state index >= 15 is 0 Å². The van der Waals surface area contributed by atoms with Crippen LogP contribution in [0.4, 0.5) is 0 Å². The van der Waals surface area contributed by atoms with Gasteiger partial charge in [-0.2, -0.15) is 0 Å². The maximum absolute atomic E-state index is 8.97. The van der Waals surface area contributed by atoms with E-state index in [0.29, 0.717) is 12.1 Å². The second-order valence-electron chi connectivity index (χ2n) is 3.86. The largest absolute Gasteiger partial charge is 0.395 e. The first-order chi connectivity index (χ1) is 5.66. The van der Waals surface area contributed by atoms with Crippen LogP contribution in [0.5, 0.6) is 0 Å². The second kappa shape index (κ2) is 4.21. The van der Waals surface area contributed by atoms with Crippen molar-refractivity contribution in [2.75, 3.05) is 13.7 Å². The Labute approximate surface area is 74.5 Å². The average Bonchev–Trinajstić information content (AvgIpc) is 2.48. The van der Waals surface area contributed by atoms with Gasteiger partial charge in [0.15, 0.2) is 0 Å². The summed E-state index contributed by atoms with van der Waals surface area (Å²) in [5.74, 6) is 0. The molecule has 3 unspecified atom stereocenters. The molecule has 0 heterocycles. The summed E-state index contributed by atoms with van der Waals surface area (Å²) < 4.78 is 0. The summed E-state index contributed by atoms with van der Waals surface area (Å²) in [6.45, 7) is 2.25. The molecule has 0 aromatic heterocycles. The van der Waals surface area contributed by atoms with E-state index in [1.807, 2.05) is 6.92 Å². The Morgan fingerprint density at radius 3 is 2.67 bits per heavy atom. The van der Waals surface area contributed by atoms with E-state index in [-0.39, 0.29) is 12.6 Å². The van der Waals surface area contributed by atoms with Gasteiger partial charge in [0.25, 0.3) is 0 Å². The molecule has 3 atom stereocenters. The van der Waals surface area contributed by atoms with E-state index in [1.165, 1.54) is 12.8 Å². The first-order valence-electron chi connectivity index (χ1n) is 4.75. The highest BCUT2D eigenvalue weighted by Crippen LogP contribution is 2.22. The average molecular weight is 172 g/mol. The van der Waals surface area contributed by atoms with Gasteiger partial charge in [-0.05, 0) is 26.8 Å². The normalized spacial score (nSPS) is 32.8. The minimum atomic E-state index is 0.222. The van der Waals surface area contributed by atoms with Gasteiger partial charge in [-0.1, -0.05) is 6.42 Å². The maximum Gasteiger partial charge on any atom is 0.0584 e. The number of hydrogen-bond donors (Lipinski definition) is 2. The molecule has 0 radical (unpaired) electrons. The Hall–Kier alpha value is -0.120. The Morgan fingerprint density at radius 1 is 1.58 bits per heavy atom. The first-order valence-corrected chi connectivity index (χ1v) is 4.75. The zero-order valence-corrected chi connectivity index (χ0v) is 8.03. The van der Waals surface area contributed by atoms with Crippen molar-refractivity contribution in [2.24, 2.45) is 5.73 Å². The van der Waals surface area contributed by atoms with Gasteiger partial charge < -0.3 is 10.8 Å². The first kappa shape index (κ1) is 9.96. The summed E-state index contributed by atoms with van der Waals surface area (Å²) in [5.41, 5.74) is 5.95. The van der Waals surface area contributed by atoms with Gasteiger partial charge >= 0.3 is 0 Å². The number of nitrogens with zero attached hydrogens (tertiary/aromatic N) is 1. The van der Waals surface area contributed by atoms with Crippen LogP contribution in [0.15, 0.2) is 0 Å². The molecule has 1 rings (SSSR count). The van der Waals surface area contributed by atoms with Crippen molar-refractivity contribution in [1.82, 2.24) is 4.90 Å². The Balaban J connectivity index is 2.45. The maximum atomic E-state index is 8.97. The summed E-state index contributed by atoms with van der Waals surface area (Å²) in [5, 5.41) is 8.97. The molecule has 0 aromatic carbocycles. The Morgan fingerprint density at radius 2 is 2.25 bits per heavy atom. The smallest absolute Gasteiger partial charge is 0.0584 e. The second-order valence-corrected chi connectivity index (χ2v) is 3.86. The van der Waals surface area contributed by atoms with Crippen LogP contribution < -0.4 is 5.73 Å². The van der Waals surface area contributed by atoms with E-state index in [9.17, 15) is 0 Å². The lowest BCUT2D eigenvalue weighted by atomic mass is 10.1. The molecule has 0 aromatic rings. The van der Waals surface area contributed by atoms with Gasteiger partial charge in [0.05, 0.1) is 6.61 Å². The van der Waals surface area contributed by atoms with Crippen LogP contribution in [0.25, 0.3) is 0 Å². The molecule has 3 nitrogen and oxygen atoms in total. The highest BCUT2D eigenvalue weighted by Gasteiger charge is 2.29. The van der Waals surface area contributed by atoms with E-state index in [1.54, 1.807) is 0 Å². The molecule has 0 amide bonds. The number of aliphatic hydroxyl groups is 1. The minimum absolute atomic E-state index is 0.222. The molecule has 3 heteroatoms. The number of hydrogen-bond acceptors (Lipinski definition) is 3. The van der Waals surface area contributed by atoms with E-state index in [0.717, 1.165) is 6.42 Å². The molecule has 1 saturated carbocycles. The molecular weight excluding hydrogens is 152 g/mol. The molecule has 1 aliphatic rings. The van der Waals surface area contributed by atoms with E-state index in [4.69, 9.17) is 10.8 Å². The summed E-state index contributed by atoms with van der Waals surface area (Å²) in [6, 6.07) is 1.02. The van der Waals surface area contributed by atoms with Crippen LogP contribution in [0.3, 0.4) is 0 Å². The van der Waals surface area contributed by atoms with Crippen molar-refractivity contribution in [1.29, 1.82) is 0 Å². The lowest BCUT2D eigenvalue weighted by Crippen LogP contribution is -2.47. The fourth-order valence-electron chi connectivity index (χ4n) is 1.93. The fraction of sp³-hybridized carbons (Fsp3) is 1.00. The summed E-state index contributed by atoms with van der Waals surface area (Å²) in [6.07, 6.45) is 3.55. The molecule has 0 spiro atoms. The zero-order chi connectivity index (χ0) is 9.14. The molecule has 0 aliphatic heterocycles. The lowest BCUT2D eigenvalue weighted by molar-refractivity contribution is 0.115. The third-order valence-corrected chi connectivity index (χ3v) is 3.01. The monoisotopic (exact) mass is 172 g/mol. The Bertz CT molecular complexity index is 140. The third-order valence-electron chi connectivity index (χ3n) is 3.01. The molecule has 1 aliphatic carbocycles. The van der Waals surface area contributed by atoms with Gasteiger partial charge in [-0.25, -0.2) is 0 Å². The van der Waals surface area contributed by atoms with Gasteiger partial charge in [-0.15, -0.1) is 0 Å². The van der Waals surface area contributed by atoms with Gasteiger partial charge in [-0.3, -0.25) is 4.90 Å². The number of rotatable bonds is 3. The van der Waals surface area contributed by atoms with Crippen LogP contribution in [0.1, 0.15) is 26.2 Å². The predicted octanol–water partition coefficient (Wildman–Crippen LogP) is 0.179. The van der Waals surface area contributed by atoms with Crippen LogP contribution in [-0.2, 0) is 0 Å². The topological polar surface area (TPSA) is 49.5 Å². The van der Waals surface area contributed by atoms with Crippen molar-refractivity contribution in [2.45, 2.75) is 44.3 Å². The third kappa shape index (κ3) is 1.97. The van der Waals surface area contributed by atoms with Crippen molar-refractivity contribution in [3.05, 3.63) is 0 Å². The highest BCUT2D eigenvalue weighted by molar-refractivity contribution is 4.88. The Kier molecular flexibility index (Phi) is 3.50. The number of aliphatic hydroxyl groups excluding tert-OH is 1. The summed E-state index contributed by atoms with van der Waals surface area (Å²) in [7, 11) is 2.05. The molecule has 3 N–H and O–H groups in total. The van der Waals surface area contributed by atoms with Crippen LogP contribution in [0, 0.1) is 0 Å². The zero-order valence-electron chi connectivity index (χ0n) is 8.03. The fourth-order valence-corrected chi connectivity index (χ4v) is 1.93. The molecule has 0 bridgehead atoms. The van der Waals surface area contributed by atoms with Crippen molar-refractivity contribution >= 4 is 0 Å². The molecular formula is C9H20N2O. The van der Waals surface area contributed by atoms with Crippen LogP contribution >= 0.6 is 0 Å². The standard InChI is InChI=1S/C9H20N2O/c1-7(6-12)11(2)9-5-3-4-8(9)10/h7-9,12H,3-6,10H2,1-2H3. The van der Waals surface area contributed by atoms with Crippen molar-refractivity contribution in [3.63, 3.8) is 0 Å². The van der Waals surface area contributed by atoms with Crippen molar-refractivity contribution in [3.8, 4) is 0 Å². The van der Waals surface area contributed by atoms with Crippen LogP contribution in [-0.4, -0.2) is 41.8 Å². The highest BCUT2D eigenvalue weighted by atomic mass is 16.3. The molecule has 1 fully saturated rings. The quantitative estimate of drug-likeness (QED) is 0.638. The van der Waals surface area contributed by atoms with Gasteiger partial charge in [0.1, 0.15) is 0 Å². The number of likely N-dealkylation sites (N-methyl/N-ethyl adjacent to an activating group) is 1. The lowest BCUT2D eigenvalue weighted by Gasteiger charge is -2.31.